The van der Waals surface area contributed by atoms with Crippen molar-refractivity contribution in [3.8, 4) is 0 Å². The highest BCUT2D eigenvalue weighted by Gasteiger charge is 2.29. The van der Waals surface area contributed by atoms with E-state index < -0.39 is 0 Å². The van der Waals surface area contributed by atoms with Crippen LogP contribution in [0.15, 0.2) is 18.7 Å². The fourth-order valence-electron chi connectivity index (χ4n) is 1.93. The maximum absolute atomic E-state index is 11.9. The molecule has 14 heavy (non-hydrogen) atoms. The van der Waals surface area contributed by atoms with Crippen molar-refractivity contribution in [2.45, 2.75) is 25.8 Å². The topological polar surface area (TPSA) is 29.1 Å². The quantitative estimate of drug-likeness (QED) is 0.561. The average Bonchev–Trinajstić information content (AvgIpc) is 2.73. The van der Waals surface area contributed by atoms with Crippen LogP contribution in [0.5, 0.6) is 0 Å². The highest BCUT2D eigenvalue weighted by Crippen LogP contribution is 2.17. The molecule has 4 nitrogen and oxygen atoms in total. The molecule has 76 valence electrons. The van der Waals surface area contributed by atoms with Crippen LogP contribution in [0.25, 0.3) is 0 Å². The van der Waals surface area contributed by atoms with Gasteiger partial charge in [-0.15, -0.1) is 0 Å². The number of imidazole rings is 1. The summed E-state index contributed by atoms with van der Waals surface area (Å²) in [5, 5.41) is 0. The number of nitrogens with zero attached hydrogens (tertiary/aromatic N) is 3. The van der Waals surface area contributed by atoms with Gasteiger partial charge in [-0.2, -0.15) is 4.57 Å². The molecule has 1 saturated heterocycles. The lowest BCUT2D eigenvalue weighted by molar-refractivity contribution is -0.670. The Morgan fingerprint density at radius 2 is 2.36 bits per heavy atom. The number of hydrogen-bond donors (Lipinski definition) is 0. The van der Waals surface area contributed by atoms with E-state index >= 15 is 0 Å². The zero-order valence-corrected chi connectivity index (χ0v) is 8.68. The van der Waals surface area contributed by atoms with E-state index in [1.54, 1.807) is 17.1 Å². The van der Waals surface area contributed by atoms with E-state index in [4.69, 9.17) is 0 Å². The van der Waals surface area contributed by atoms with Crippen LogP contribution in [0.1, 0.15) is 19.8 Å². The van der Waals surface area contributed by atoms with Gasteiger partial charge in [0.05, 0.1) is 7.05 Å². The summed E-state index contributed by atoms with van der Waals surface area (Å²) in [6.45, 7) is 3.00. The number of hydrogen-bond acceptors (Lipinski definition) is 1. The third kappa shape index (κ3) is 1.52. The van der Waals surface area contributed by atoms with E-state index in [0.29, 0.717) is 6.04 Å². The summed E-state index contributed by atoms with van der Waals surface area (Å²) in [6, 6.07) is 0.478. The Balaban J connectivity index is 2.15. The monoisotopic (exact) mass is 194 g/mol. The van der Waals surface area contributed by atoms with Crippen LogP contribution >= 0.6 is 0 Å². The minimum Gasteiger partial charge on any atom is -0.302 e. The largest absolute Gasteiger partial charge is 0.416 e. The maximum Gasteiger partial charge on any atom is 0.416 e. The Kier molecular flexibility index (Phi) is 2.27. The lowest BCUT2D eigenvalue weighted by atomic mass is 10.2. The molecule has 0 aliphatic carbocycles. The number of aromatic nitrogens is 2. The molecule has 0 bridgehead atoms. The fraction of sp³-hybridized carbons (Fsp3) is 0.600. The first-order valence-electron chi connectivity index (χ1n) is 5.02. The molecule has 1 fully saturated rings. The normalized spacial score (nSPS) is 21.6. The number of carbonyl (C=O) groups is 1. The Morgan fingerprint density at radius 3 is 2.86 bits per heavy atom. The van der Waals surface area contributed by atoms with Crippen molar-refractivity contribution in [2.75, 3.05) is 6.54 Å². The molecule has 0 spiro atoms. The maximum atomic E-state index is 11.9. The van der Waals surface area contributed by atoms with E-state index in [2.05, 4.69) is 6.92 Å². The summed E-state index contributed by atoms with van der Waals surface area (Å²) < 4.78 is 3.51. The standard InChI is InChI=1S/C10H16N3O/c1-9-4-3-5-13(9)10(14)12-7-6-11(2)8-12/h6-9H,3-5H2,1-2H3/q+1. The second-order valence-electron chi connectivity index (χ2n) is 3.95. The van der Waals surface area contributed by atoms with Gasteiger partial charge in [0.15, 0.2) is 0 Å². The van der Waals surface area contributed by atoms with Gasteiger partial charge >= 0.3 is 6.03 Å². The molecule has 1 aliphatic heterocycles. The Bertz CT molecular complexity index is 345. The van der Waals surface area contributed by atoms with Gasteiger partial charge in [0.2, 0.25) is 0 Å². The third-order valence-electron chi connectivity index (χ3n) is 2.79. The molecule has 0 N–H and O–H groups in total. The molecule has 4 heteroatoms. The zero-order chi connectivity index (χ0) is 10.1. The number of likely N-dealkylation sites (tertiary alicyclic amines) is 1. The summed E-state index contributed by atoms with van der Waals surface area (Å²) in [4.78, 5) is 13.9. The molecule has 2 heterocycles. The van der Waals surface area contributed by atoms with Gasteiger partial charge in [-0.3, -0.25) is 0 Å². The predicted molar refractivity (Wildman–Crippen MR) is 51.8 cm³/mol. The van der Waals surface area contributed by atoms with Crippen LogP contribution in [0.4, 0.5) is 4.79 Å². The van der Waals surface area contributed by atoms with Crippen LogP contribution in [-0.2, 0) is 7.05 Å². The molecule has 1 atom stereocenters. The van der Waals surface area contributed by atoms with Gasteiger partial charge in [-0.25, -0.2) is 9.36 Å². The van der Waals surface area contributed by atoms with Gasteiger partial charge in [0, 0.05) is 12.6 Å². The van der Waals surface area contributed by atoms with E-state index in [1.165, 1.54) is 0 Å². The first-order chi connectivity index (χ1) is 6.68. The second-order valence-corrected chi connectivity index (χ2v) is 3.95. The molecule has 2 rings (SSSR count). The zero-order valence-electron chi connectivity index (χ0n) is 8.68. The van der Waals surface area contributed by atoms with Crippen LogP contribution in [0, 0.1) is 0 Å². The average molecular weight is 194 g/mol. The summed E-state index contributed by atoms with van der Waals surface area (Å²) >= 11 is 0. The molecule has 1 aromatic heterocycles. The summed E-state index contributed by atoms with van der Waals surface area (Å²) in [6.07, 6.45) is 7.72. The lowest BCUT2D eigenvalue weighted by Crippen LogP contribution is -2.37. The lowest BCUT2D eigenvalue weighted by Gasteiger charge is -2.17. The van der Waals surface area contributed by atoms with Crippen molar-refractivity contribution in [3.63, 3.8) is 0 Å². The Morgan fingerprint density at radius 1 is 1.57 bits per heavy atom. The molecule has 0 aromatic carbocycles. The molecule has 0 radical (unpaired) electrons. The molecule has 1 aromatic rings. The van der Waals surface area contributed by atoms with Crippen molar-refractivity contribution in [3.05, 3.63) is 18.7 Å². The molecular weight excluding hydrogens is 178 g/mol. The van der Waals surface area contributed by atoms with E-state index in [9.17, 15) is 4.79 Å². The number of rotatable bonds is 0. The number of aryl methyl sites for hydroxylation is 1. The number of carbonyl (C=O) groups excluding carboxylic acids is 1. The smallest absolute Gasteiger partial charge is 0.302 e. The Labute approximate surface area is 83.8 Å². The van der Waals surface area contributed by atoms with E-state index in [-0.39, 0.29) is 6.03 Å². The third-order valence-corrected chi connectivity index (χ3v) is 2.79. The SMILES string of the molecule is CC1CCCN1C(=O)n1cc[n+](C)c1. The highest BCUT2D eigenvalue weighted by atomic mass is 16.2. The summed E-state index contributed by atoms with van der Waals surface area (Å²) in [7, 11) is 1.91. The van der Waals surface area contributed by atoms with Crippen LogP contribution in [0.2, 0.25) is 0 Å². The predicted octanol–water partition coefficient (Wildman–Crippen LogP) is 0.765. The molecule has 1 aliphatic rings. The van der Waals surface area contributed by atoms with Crippen LogP contribution < -0.4 is 4.57 Å². The van der Waals surface area contributed by atoms with Crippen molar-refractivity contribution in [1.82, 2.24) is 9.47 Å². The Hall–Kier alpha value is -1.32. The summed E-state index contributed by atoms with van der Waals surface area (Å²) in [5.74, 6) is 0. The fourth-order valence-corrected chi connectivity index (χ4v) is 1.93. The minimum absolute atomic E-state index is 0.0931. The number of amides is 1. The molecule has 1 unspecified atom stereocenters. The minimum atomic E-state index is 0.0931. The van der Waals surface area contributed by atoms with Gasteiger partial charge in [-0.1, -0.05) is 0 Å². The van der Waals surface area contributed by atoms with Gasteiger partial charge in [0.25, 0.3) is 6.33 Å². The van der Waals surface area contributed by atoms with Crippen molar-refractivity contribution < 1.29 is 9.36 Å². The van der Waals surface area contributed by atoms with Crippen molar-refractivity contribution in [1.29, 1.82) is 0 Å². The van der Waals surface area contributed by atoms with Crippen molar-refractivity contribution in [2.24, 2.45) is 7.05 Å². The van der Waals surface area contributed by atoms with Gasteiger partial charge in [0.1, 0.15) is 12.4 Å². The molecular formula is C10H16N3O+. The van der Waals surface area contributed by atoms with E-state index in [0.717, 1.165) is 19.4 Å². The first kappa shape index (κ1) is 9.24. The highest BCUT2D eigenvalue weighted by molar-refractivity contribution is 5.77. The molecule has 0 saturated carbocycles. The molecule has 1 amide bonds. The van der Waals surface area contributed by atoms with Crippen LogP contribution in [-0.4, -0.2) is 28.1 Å². The van der Waals surface area contributed by atoms with Crippen LogP contribution in [0.3, 0.4) is 0 Å². The first-order valence-corrected chi connectivity index (χ1v) is 5.02. The second kappa shape index (κ2) is 3.44. The van der Waals surface area contributed by atoms with E-state index in [1.807, 2.05) is 22.7 Å². The van der Waals surface area contributed by atoms with Crippen molar-refractivity contribution >= 4 is 6.03 Å². The van der Waals surface area contributed by atoms with Gasteiger partial charge in [-0.05, 0) is 19.8 Å². The van der Waals surface area contributed by atoms with Gasteiger partial charge < -0.3 is 4.90 Å². The summed E-state index contributed by atoms with van der Waals surface area (Å²) in [5.41, 5.74) is 0.